The fourth-order valence-corrected chi connectivity index (χ4v) is 3.01. The molecule has 2 aromatic carbocycles. The quantitative estimate of drug-likeness (QED) is 0.631. The van der Waals surface area contributed by atoms with Gasteiger partial charge in [-0.3, -0.25) is 14.6 Å². The van der Waals surface area contributed by atoms with Gasteiger partial charge < -0.3 is 10.6 Å². The average molecular weight is 391 g/mol. The molecule has 0 unspecified atom stereocenters. The van der Waals surface area contributed by atoms with Crippen molar-refractivity contribution in [3.8, 4) is 0 Å². The molecule has 2 amide bonds. The Morgan fingerprint density at radius 1 is 0.862 bits per heavy atom. The summed E-state index contributed by atoms with van der Waals surface area (Å²) in [6, 6.07) is 12.9. The van der Waals surface area contributed by atoms with Crippen molar-refractivity contribution in [3.63, 3.8) is 0 Å². The van der Waals surface area contributed by atoms with Crippen molar-refractivity contribution in [2.24, 2.45) is 0 Å². The van der Waals surface area contributed by atoms with Gasteiger partial charge in [-0.2, -0.15) is 0 Å². The number of hydrogen-bond acceptors (Lipinski definition) is 3. The molecule has 0 aliphatic rings. The Morgan fingerprint density at radius 2 is 1.41 bits per heavy atom. The molecule has 0 aliphatic heterocycles. The summed E-state index contributed by atoms with van der Waals surface area (Å²) in [5.41, 5.74) is 3.89. The third kappa shape index (κ3) is 4.85. The topological polar surface area (TPSA) is 71.1 Å². The lowest BCUT2D eigenvalue weighted by Gasteiger charge is -2.14. The fourth-order valence-electron chi connectivity index (χ4n) is 3.01. The first kappa shape index (κ1) is 20.2. The minimum Gasteiger partial charge on any atom is -0.322 e. The Hall–Kier alpha value is -3.54. The van der Waals surface area contributed by atoms with Crippen LogP contribution in [-0.2, 0) is 12.8 Å². The van der Waals surface area contributed by atoms with E-state index in [1.807, 2.05) is 32.0 Å². The number of hydrogen-bond donors (Lipinski definition) is 2. The molecule has 0 fully saturated rings. The van der Waals surface area contributed by atoms with E-state index in [0.717, 1.165) is 29.7 Å². The van der Waals surface area contributed by atoms with Gasteiger partial charge in [-0.05, 0) is 54.3 Å². The second-order valence-electron chi connectivity index (χ2n) is 6.54. The molecule has 3 rings (SSSR count). The van der Waals surface area contributed by atoms with Gasteiger partial charge in [0.2, 0.25) is 0 Å². The molecule has 148 valence electrons. The maximum Gasteiger partial charge on any atom is 0.257 e. The Kier molecular flexibility index (Phi) is 6.34. The summed E-state index contributed by atoms with van der Waals surface area (Å²) < 4.78 is 13.0. The number of nitrogens with zero attached hydrogens (tertiary/aromatic N) is 1. The van der Waals surface area contributed by atoms with Gasteiger partial charge in [0.15, 0.2) is 0 Å². The number of aromatic nitrogens is 1. The summed E-state index contributed by atoms with van der Waals surface area (Å²) in [4.78, 5) is 29.3. The van der Waals surface area contributed by atoms with E-state index in [-0.39, 0.29) is 22.9 Å². The van der Waals surface area contributed by atoms with Crippen molar-refractivity contribution in [2.45, 2.75) is 26.7 Å². The molecule has 0 radical (unpaired) electrons. The normalized spacial score (nSPS) is 10.4. The van der Waals surface area contributed by atoms with Gasteiger partial charge >= 0.3 is 0 Å². The molecule has 0 bridgehead atoms. The molecular weight excluding hydrogens is 369 g/mol. The molecular formula is C23H22FN3O2. The Labute approximate surface area is 169 Å². The minimum absolute atomic E-state index is 0.237. The highest BCUT2D eigenvalue weighted by molar-refractivity contribution is 6.08. The van der Waals surface area contributed by atoms with Crippen molar-refractivity contribution >= 4 is 23.2 Å². The first-order valence-electron chi connectivity index (χ1n) is 9.46. The van der Waals surface area contributed by atoms with Crippen LogP contribution in [0.25, 0.3) is 0 Å². The van der Waals surface area contributed by atoms with Crippen LogP contribution in [0.15, 0.2) is 60.9 Å². The smallest absolute Gasteiger partial charge is 0.257 e. The number of rotatable bonds is 6. The third-order valence-electron chi connectivity index (χ3n) is 4.60. The highest BCUT2D eigenvalue weighted by Gasteiger charge is 2.15. The lowest BCUT2D eigenvalue weighted by Crippen LogP contribution is -2.17. The molecule has 29 heavy (non-hydrogen) atoms. The first-order chi connectivity index (χ1) is 14.0. The Morgan fingerprint density at radius 3 is 1.97 bits per heavy atom. The molecule has 6 heteroatoms. The maximum atomic E-state index is 13.0. The molecule has 0 spiro atoms. The van der Waals surface area contributed by atoms with Gasteiger partial charge in [0.25, 0.3) is 11.8 Å². The molecule has 0 atom stereocenters. The van der Waals surface area contributed by atoms with Gasteiger partial charge in [0.05, 0.1) is 11.1 Å². The fraction of sp³-hybridized carbons (Fsp3) is 0.174. The van der Waals surface area contributed by atoms with E-state index >= 15 is 0 Å². The number of amides is 2. The van der Waals surface area contributed by atoms with Crippen molar-refractivity contribution in [2.75, 3.05) is 10.6 Å². The predicted molar refractivity (Wildman–Crippen MR) is 112 cm³/mol. The summed E-state index contributed by atoms with van der Waals surface area (Å²) in [5, 5.41) is 5.63. The third-order valence-corrected chi connectivity index (χ3v) is 4.60. The Balaban J connectivity index is 1.79. The molecule has 5 nitrogen and oxygen atoms in total. The molecule has 1 heterocycles. The molecule has 2 N–H and O–H groups in total. The zero-order chi connectivity index (χ0) is 20.8. The van der Waals surface area contributed by atoms with Gasteiger partial charge in [0.1, 0.15) is 5.82 Å². The number of anilines is 2. The second kappa shape index (κ2) is 9.10. The average Bonchev–Trinajstić information content (AvgIpc) is 2.75. The number of nitrogens with one attached hydrogen (secondary N) is 2. The van der Waals surface area contributed by atoms with E-state index in [1.165, 1.54) is 42.7 Å². The van der Waals surface area contributed by atoms with Crippen LogP contribution in [0.3, 0.4) is 0 Å². The van der Waals surface area contributed by atoms with Crippen LogP contribution in [0.2, 0.25) is 0 Å². The van der Waals surface area contributed by atoms with Crippen LogP contribution in [0.4, 0.5) is 15.8 Å². The molecule has 0 saturated heterocycles. The van der Waals surface area contributed by atoms with E-state index in [4.69, 9.17) is 0 Å². The van der Waals surface area contributed by atoms with Crippen LogP contribution in [-0.4, -0.2) is 16.8 Å². The monoisotopic (exact) mass is 391 g/mol. The standard InChI is InChI=1S/C23H22FN3O2/c1-3-15-6-5-7-16(4-2)21(15)27-23(29)18-12-17(13-25-14-18)22(28)26-20-10-8-19(24)9-11-20/h5-14H,3-4H2,1-2H3,(H,26,28)(H,27,29). The Bertz CT molecular complexity index is 1010. The van der Waals surface area contributed by atoms with Crippen molar-refractivity contribution in [1.82, 2.24) is 4.98 Å². The van der Waals surface area contributed by atoms with Crippen molar-refractivity contribution < 1.29 is 14.0 Å². The van der Waals surface area contributed by atoms with Gasteiger partial charge in [0, 0.05) is 23.8 Å². The predicted octanol–water partition coefficient (Wildman–Crippen LogP) is 4.85. The van der Waals surface area contributed by atoms with Gasteiger partial charge in [-0.1, -0.05) is 32.0 Å². The largest absolute Gasteiger partial charge is 0.322 e. The van der Waals surface area contributed by atoms with Crippen LogP contribution in [0.5, 0.6) is 0 Å². The zero-order valence-electron chi connectivity index (χ0n) is 16.3. The van der Waals surface area contributed by atoms with Crippen LogP contribution in [0.1, 0.15) is 45.7 Å². The number of pyridine rings is 1. The summed E-state index contributed by atoms with van der Waals surface area (Å²) >= 11 is 0. The van der Waals surface area contributed by atoms with E-state index in [2.05, 4.69) is 15.6 Å². The van der Waals surface area contributed by atoms with E-state index in [9.17, 15) is 14.0 Å². The van der Waals surface area contributed by atoms with Gasteiger partial charge in [-0.25, -0.2) is 4.39 Å². The van der Waals surface area contributed by atoms with E-state index in [0.29, 0.717) is 5.69 Å². The minimum atomic E-state index is -0.429. The molecule has 0 aliphatic carbocycles. The number of benzene rings is 2. The van der Waals surface area contributed by atoms with Crippen LogP contribution in [0, 0.1) is 5.82 Å². The molecule has 0 saturated carbocycles. The number of carbonyl (C=O) groups excluding carboxylic acids is 2. The van der Waals surface area contributed by atoms with Crippen LogP contribution < -0.4 is 10.6 Å². The number of para-hydroxylation sites is 1. The molecule has 3 aromatic rings. The van der Waals surface area contributed by atoms with Crippen LogP contribution >= 0.6 is 0 Å². The number of carbonyl (C=O) groups is 2. The summed E-state index contributed by atoms with van der Waals surface area (Å²) in [6.07, 6.45) is 4.39. The number of aryl methyl sites for hydroxylation is 2. The van der Waals surface area contributed by atoms with E-state index in [1.54, 1.807) is 0 Å². The lowest BCUT2D eigenvalue weighted by molar-refractivity contribution is 0.102. The van der Waals surface area contributed by atoms with Gasteiger partial charge in [-0.15, -0.1) is 0 Å². The SMILES string of the molecule is CCc1cccc(CC)c1NC(=O)c1cncc(C(=O)Nc2ccc(F)cc2)c1. The lowest BCUT2D eigenvalue weighted by atomic mass is 10.0. The summed E-state index contributed by atoms with van der Waals surface area (Å²) in [6.45, 7) is 4.07. The van der Waals surface area contributed by atoms with E-state index < -0.39 is 5.91 Å². The summed E-state index contributed by atoms with van der Waals surface area (Å²) in [5.74, 6) is -1.14. The molecule has 1 aromatic heterocycles. The number of halogens is 1. The second-order valence-corrected chi connectivity index (χ2v) is 6.54. The van der Waals surface area contributed by atoms with Crippen molar-refractivity contribution in [1.29, 1.82) is 0 Å². The summed E-state index contributed by atoms with van der Waals surface area (Å²) in [7, 11) is 0. The highest BCUT2D eigenvalue weighted by atomic mass is 19.1. The maximum absolute atomic E-state index is 13.0. The highest BCUT2D eigenvalue weighted by Crippen LogP contribution is 2.23. The first-order valence-corrected chi connectivity index (χ1v) is 9.46. The zero-order valence-corrected chi connectivity index (χ0v) is 16.3. The van der Waals surface area contributed by atoms with Crippen molar-refractivity contribution in [3.05, 3.63) is 89.0 Å².